The summed E-state index contributed by atoms with van der Waals surface area (Å²) < 4.78 is 5.39. The van der Waals surface area contributed by atoms with Gasteiger partial charge in [0.05, 0.1) is 22.0 Å². The molecular weight excluding hydrogens is 488 g/mol. The van der Waals surface area contributed by atoms with Gasteiger partial charge in [0.15, 0.2) is 5.57 Å². The first-order valence-corrected chi connectivity index (χ1v) is 11.5. The molecule has 0 bridgehead atoms. The van der Waals surface area contributed by atoms with Crippen LogP contribution in [0.2, 0.25) is 0 Å². The predicted octanol–water partition coefficient (Wildman–Crippen LogP) is 4.54. The minimum Gasteiger partial charge on any atom is -0.477 e. The summed E-state index contributed by atoms with van der Waals surface area (Å²) in [4.78, 5) is 59.9. The summed E-state index contributed by atoms with van der Waals surface area (Å²) in [6.07, 6.45) is 1.27. The Kier molecular flexibility index (Phi) is 7.70. The van der Waals surface area contributed by atoms with E-state index in [-0.39, 0.29) is 58.4 Å². The monoisotopic (exact) mass is 512 g/mol. The molecular formula is C25H24N2O10. The lowest BCUT2D eigenvalue weighted by Gasteiger charge is -2.18. The van der Waals surface area contributed by atoms with E-state index in [1.807, 2.05) is 6.92 Å². The maximum absolute atomic E-state index is 13.4. The highest BCUT2D eigenvalue weighted by molar-refractivity contribution is 6.25. The normalized spacial score (nSPS) is 11.5. The molecule has 1 aliphatic carbocycles. The van der Waals surface area contributed by atoms with Crippen LogP contribution in [0.3, 0.4) is 0 Å². The molecule has 37 heavy (non-hydrogen) atoms. The summed E-state index contributed by atoms with van der Waals surface area (Å²) >= 11 is 0. The molecule has 2 N–H and O–H groups in total. The average Bonchev–Trinajstić information content (AvgIpc) is 3.15. The van der Waals surface area contributed by atoms with Crippen LogP contribution in [0.4, 0.5) is 11.4 Å². The second-order valence-electron chi connectivity index (χ2n) is 8.23. The lowest BCUT2D eigenvalue weighted by Crippen LogP contribution is -2.17. The first-order chi connectivity index (χ1) is 17.5. The summed E-state index contributed by atoms with van der Waals surface area (Å²) in [5, 5.41) is 43.4. The number of nitro benzene ring substituents is 2. The third kappa shape index (κ3) is 4.53. The fraction of sp³-hybridized carbons (Fsp3) is 0.320. The van der Waals surface area contributed by atoms with Crippen LogP contribution in [-0.4, -0.2) is 44.6 Å². The quantitative estimate of drug-likeness (QED) is 0.0742. The van der Waals surface area contributed by atoms with Gasteiger partial charge in [-0.1, -0.05) is 27.2 Å². The van der Waals surface area contributed by atoms with E-state index >= 15 is 0 Å². The topological polar surface area (TPSA) is 187 Å². The lowest BCUT2D eigenvalue weighted by atomic mass is 9.85. The van der Waals surface area contributed by atoms with E-state index in [2.05, 4.69) is 0 Å². The highest BCUT2D eigenvalue weighted by atomic mass is 16.6. The van der Waals surface area contributed by atoms with Crippen LogP contribution in [0.1, 0.15) is 66.2 Å². The number of rotatable bonds is 10. The molecule has 0 unspecified atom stereocenters. The number of non-ortho nitro benzene ring substituents is 1. The Morgan fingerprint density at radius 2 is 1.51 bits per heavy atom. The van der Waals surface area contributed by atoms with Gasteiger partial charge in [-0.3, -0.25) is 20.2 Å². The molecule has 12 heteroatoms. The Hall–Kier alpha value is -4.61. The third-order valence-corrected chi connectivity index (χ3v) is 6.18. The van der Waals surface area contributed by atoms with Gasteiger partial charge in [0, 0.05) is 40.0 Å². The summed E-state index contributed by atoms with van der Waals surface area (Å²) in [6, 6.07) is 3.44. The molecule has 0 aliphatic heterocycles. The van der Waals surface area contributed by atoms with Crippen LogP contribution in [0.15, 0.2) is 23.8 Å². The Balaban J connectivity index is 2.65. The number of nitrogens with zero attached hydrogens (tertiary/aromatic N) is 2. The molecule has 0 saturated heterocycles. The standard InChI is InChI=1S/C25H24N2O10/c1-4-7-10-37-25(32)20-14(6-3)22(27(35)36)13(5-2)17-18(20)15-9-8-12(26(33)34)11-16(15)19(17)21(23(28)29)24(30)31/h8-9,11H,4-7,10H2,1-3H3,(H,28,29)(H,30,31). The molecule has 3 rings (SSSR count). The molecule has 0 saturated carbocycles. The fourth-order valence-electron chi connectivity index (χ4n) is 4.68. The first-order valence-electron chi connectivity index (χ1n) is 11.5. The highest BCUT2D eigenvalue weighted by Gasteiger charge is 2.42. The van der Waals surface area contributed by atoms with Gasteiger partial charge in [-0.2, -0.15) is 0 Å². The highest BCUT2D eigenvalue weighted by Crippen LogP contribution is 2.53. The fourth-order valence-corrected chi connectivity index (χ4v) is 4.68. The Morgan fingerprint density at radius 3 is 2.00 bits per heavy atom. The lowest BCUT2D eigenvalue weighted by molar-refractivity contribution is -0.386. The number of aliphatic carboxylic acids is 2. The number of unbranched alkanes of at least 4 members (excludes halogenated alkanes) is 1. The molecule has 2 aromatic rings. The molecule has 0 fully saturated rings. The van der Waals surface area contributed by atoms with Gasteiger partial charge in [0.25, 0.3) is 11.4 Å². The van der Waals surface area contributed by atoms with Gasteiger partial charge in [0.2, 0.25) is 0 Å². The van der Waals surface area contributed by atoms with Crippen molar-refractivity contribution in [3.05, 3.63) is 71.8 Å². The second kappa shape index (κ2) is 10.6. The number of carbonyl (C=O) groups is 3. The molecule has 0 heterocycles. The first kappa shape index (κ1) is 27.0. The van der Waals surface area contributed by atoms with Crippen molar-refractivity contribution in [3.63, 3.8) is 0 Å². The van der Waals surface area contributed by atoms with E-state index in [1.54, 1.807) is 13.8 Å². The Morgan fingerprint density at radius 1 is 0.892 bits per heavy atom. The minimum atomic E-state index is -1.84. The van der Waals surface area contributed by atoms with E-state index in [9.17, 15) is 44.8 Å². The number of carboxylic acids is 2. The van der Waals surface area contributed by atoms with Crippen molar-refractivity contribution in [2.24, 2.45) is 0 Å². The van der Waals surface area contributed by atoms with Crippen LogP contribution in [0.5, 0.6) is 0 Å². The molecule has 0 aromatic heterocycles. The number of nitro groups is 2. The van der Waals surface area contributed by atoms with Gasteiger partial charge in [-0.25, -0.2) is 14.4 Å². The van der Waals surface area contributed by atoms with Gasteiger partial charge in [-0.15, -0.1) is 0 Å². The second-order valence-corrected chi connectivity index (χ2v) is 8.23. The molecule has 12 nitrogen and oxygen atoms in total. The number of hydrogen-bond donors (Lipinski definition) is 2. The van der Waals surface area contributed by atoms with Gasteiger partial charge < -0.3 is 14.9 Å². The van der Waals surface area contributed by atoms with E-state index < -0.39 is 50.3 Å². The molecule has 0 amide bonds. The zero-order valence-corrected chi connectivity index (χ0v) is 20.3. The number of ether oxygens (including phenoxy) is 1. The van der Waals surface area contributed by atoms with Crippen molar-refractivity contribution >= 4 is 34.9 Å². The van der Waals surface area contributed by atoms with Crippen LogP contribution >= 0.6 is 0 Å². The van der Waals surface area contributed by atoms with Crippen LogP contribution in [0.25, 0.3) is 16.7 Å². The molecule has 194 valence electrons. The molecule has 0 atom stereocenters. The zero-order chi connectivity index (χ0) is 27.6. The SMILES string of the molecule is CCCCOC(=O)c1c(CC)c([N+](=O)[O-])c(CC)c2c1-c1ccc([N+](=O)[O-])cc1C2=C(C(=O)O)C(=O)O. The van der Waals surface area contributed by atoms with Gasteiger partial charge >= 0.3 is 17.9 Å². The third-order valence-electron chi connectivity index (χ3n) is 6.18. The van der Waals surface area contributed by atoms with Crippen molar-refractivity contribution in [2.45, 2.75) is 46.5 Å². The summed E-state index contributed by atoms with van der Waals surface area (Å²) in [7, 11) is 0. The van der Waals surface area contributed by atoms with Gasteiger partial charge in [0.1, 0.15) is 0 Å². The smallest absolute Gasteiger partial charge is 0.343 e. The van der Waals surface area contributed by atoms with Crippen molar-refractivity contribution in [3.8, 4) is 11.1 Å². The number of benzene rings is 2. The summed E-state index contributed by atoms with van der Waals surface area (Å²) in [5.74, 6) is -4.57. The van der Waals surface area contributed by atoms with Crippen molar-refractivity contribution in [1.82, 2.24) is 0 Å². The Labute approximate surface area is 210 Å². The van der Waals surface area contributed by atoms with E-state index in [0.29, 0.717) is 12.8 Å². The number of hydrogen-bond acceptors (Lipinski definition) is 8. The van der Waals surface area contributed by atoms with E-state index in [4.69, 9.17) is 4.74 Å². The summed E-state index contributed by atoms with van der Waals surface area (Å²) in [6.45, 7) is 5.09. The predicted molar refractivity (Wildman–Crippen MR) is 130 cm³/mol. The average molecular weight is 512 g/mol. The minimum absolute atomic E-state index is 0.0110. The maximum Gasteiger partial charge on any atom is 0.343 e. The van der Waals surface area contributed by atoms with Crippen LogP contribution < -0.4 is 0 Å². The van der Waals surface area contributed by atoms with Crippen LogP contribution in [0, 0.1) is 20.2 Å². The largest absolute Gasteiger partial charge is 0.477 e. The number of fused-ring (bicyclic) bond motifs is 3. The zero-order valence-electron chi connectivity index (χ0n) is 20.3. The number of esters is 1. The molecule has 0 spiro atoms. The number of carboxylic acid groups (broad SMARTS) is 2. The van der Waals surface area contributed by atoms with Gasteiger partial charge in [-0.05, 0) is 36.5 Å². The summed E-state index contributed by atoms with van der Waals surface area (Å²) in [5.41, 5.74) is -2.58. The number of carbonyl (C=O) groups excluding carboxylic acids is 1. The molecule has 0 radical (unpaired) electrons. The van der Waals surface area contributed by atoms with Crippen LogP contribution in [-0.2, 0) is 27.2 Å². The Bertz CT molecular complexity index is 1370. The molecule has 2 aromatic carbocycles. The molecule has 1 aliphatic rings. The van der Waals surface area contributed by atoms with E-state index in [0.717, 1.165) is 12.1 Å². The van der Waals surface area contributed by atoms with Crippen molar-refractivity contribution < 1.29 is 39.2 Å². The van der Waals surface area contributed by atoms with E-state index in [1.165, 1.54) is 6.07 Å². The van der Waals surface area contributed by atoms with Crippen molar-refractivity contribution in [1.29, 1.82) is 0 Å². The maximum atomic E-state index is 13.4. The van der Waals surface area contributed by atoms with Crippen molar-refractivity contribution in [2.75, 3.05) is 6.61 Å².